The third-order valence-electron chi connectivity index (χ3n) is 3.18. The fourth-order valence-electron chi connectivity index (χ4n) is 2.13. The maximum Gasteiger partial charge on any atom is 0.301 e. The highest BCUT2D eigenvalue weighted by Crippen LogP contribution is 2.32. The standard InChI is InChI=1S/C14H17N3O3S/c1-10(7-9-21(2)20)16-13-6-5-12-11(4-3-8-15-12)14(13)17(18)19/h3-6,8,10,16H,7,9H2,1-2H3. The van der Waals surface area contributed by atoms with Crippen LogP contribution in [0.15, 0.2) is 30.5 Å². The van der Waals surface area contributed by atoms with Crippen molar-refractivity contribution in [2.75, 3.05) is 17.3 Å². The molecule has 0 aliphatic rings. The van der Waals surface area contributed by atoms with Crippen molar-refractivity contribution < 1.29 is 9.13 Å². The molecule has 2 aromatic rings. The lowest BCUT2D eigenvalue weighted by molar-refractivity contribution is -0.382. The minimum atomic E-state index is -0.864. The average molecular weight is 307 g/mol. The maximum atomic E-state index is 11.4. The van der Waals surface area contributed by atoms with Gasteiger partial charge in [-0.1, -0.05) is 0 Å². The molecule has 2 atom stereocenters. The minimum absolute atomic E-state index is 0.00159. The van der Waals surface area contributed by atoms with Gasteiger partial charge in [-0.05, 0) is 37.6 Å². The van der Waals surface area contributed by atoms with Gasteiger partial charge in [-0.25, -0.2) is 0 Å². The van der Waals surface area contributed by atoms with E-state index in [2.05, 4.69) is 10.3 Å². The third kappa shape index (κ3) is 3.75. The molecule has 0 amide bonds. The summed E-state index contributed by atoms with van der Waals surface area (Å²) in [6, 6.07) is 6.81. The van der Waals surface area contributed by atoms with Crippen LogP contribution < -0.4 is 5.32 Å². The van der Waals surface area contributed by atoms with Crippen LogP contribution in [0.4, 0.5) is 11.4 Å². The molecule has 7 heteroatoms. The Hall–Kier alpha value is -2.02. The molecule has 2 rings (SSSR count). The SMILES string of the molecule is CC(CCS(C)=O)Nc1ccc2ncccc2c1[N+](=O)[O-]. The number of nitrogens with zero attached hydrogens (tertiary/aromatic N) is 2. The zero-order valence-corrected chi connectivity index (χ0v) is 12.7. The van der Waals surface area contributed by atoms with Crippen molar-refractivity contribution in [1.29, 1.82) is 0 Å². The largest absolute Gasteiger partial charge is 0.377 e. The average Bonchev–Trinajstić information content (AvgIpc) is 2.44. The number of nitrogens with one attached hydrogen (secondary N) is 1. The van der Waals surface area contributed by atoms with E-state index < -0.39 is 15.7 Å². The number of hydrogen-bond donors (Lipinski definition) is 1. The molecule has 1 aromatic heterocycles. The van der Waals surface area contributed by atoms with E-state index in [1.54, 1.807) is 36.7 Å². The van der Waals surface area contributed by atoms with E-state index in [0.717, 1.165) is 0 Å². The topological polar surface area (TPSA) is 85.1 Å². The Bertz CT molecular complexity index is 690. The van der Waals surface area contributed by atoms with Crippen molar-refractivity contribution in [3.8, 4) is 0 Å². The van der Waals surface area contributed by atoms with Crippen LogP contribution in [0.3, 0.4) is 0 Å². The molecular formula is C14H17N3O3S. The van der Waals surface area contributed by atoms with Gasteiger partial charge >= 0.3 is 5.69 Å². The highest BCUT2D eigenvalue weighted by Gasteiger charge is 2.20. The normalized spacial score (nSPS) is 13.8. The summed E-state index contributed by atoms with van der Waals surface area (Å²) < 4.78 is 11.1. The fraction of sp³-hybridized carbons (Fsp3) is 0.357. The first-order chi connectivity index (χ1) is 9.99. The van der Waals surface area contributed by atoms with Crippen LogP contribution in [0, 0.1) is 10.1 Å². The van der Waals surface area contributed by atoms with Gasteiger partial charge in [0.25, 0.3) is 0 Å². The number of hydrogen-bond acceptors (Lipinski definition) is 5. The van der Waals surface area contributed by atoms with Gasteiger partial charge in [0.1, 0.15) is 5.69 Å². The Morgan fingerprint density at radius 3 is 2.86 bits per heavy atom. The van der Waals surface area contributed by atoms with Crippen LogP contribution in [0.1, 0.15) is 13.3 Å². The van der Waals surface area contributed by atoms with E-state index in [9.17, 15) is 14.3 Å². The number of anilines is 1. The molecule has 0 spiro atoms. The van der Waals surface area contributed by atoms with Crippen molar-refractivity contribution in [1.82, 2.24) is 4.98 Å². The predicted molar refractivity (Wildman–Crippen MR) is 85.0 cm³/mol. The van der Waals surface area contributed by atoms with E-state index >= 15 is 0 Å². The molecule has 2 unspecified atom stereocenters. The molecule has 0 aliphatic carbocycles. The summed E-state index contributed by atoms with van der Waals surface area (Å²) in [5.41, 5.74) is 1.09. The van der Waals surface area contributed by atoms with Crippen LogP contribution in [0.5, 0.6) is 0 Å². The fourth-order valence-corrected chi connectivity index (χ4v) is 2.82. The molecule has 1 aromatic carbocycles. The van der Waals surface area contributed by atoms with E-state index in [-0.39, 0.29) is 11.7 Å². The molecule has 0 bridgehead atoms. The van der Waals surface area contributed by atoms with Crippen molar-refractivity contribution in [3.63, 3.8) is 0 Å². The molecule has 1 N–H and O–H groups in total. The second-order valence-corrected chi connectivity index (χ2v) is 6.45. The zero-order valence-electron chi connectivity index (χ0n) is 11.9. The van der Waals surface area contributed by atoms with Gasteiger partial charge < -0.3 is 5.32 Å². The number of benzene rings is 1. The number of nitro benzene ring substituents is 1. The number of pyridine rings is 1. The lowest BCUT2D eigenvalue weighted by Crippen LogP contribution is -2.18. The molecular weight excluding hydrogens is 290 g/mol. The van der Waals surface area contributed by atoms with Gasteiger partial charge in [0, 0.05) is 35.0 Å². The Kier molecular flexibility index (Phi) is 4.85. The Morgan fingerprint density at radius 1 is 1.43 bits per heavy atom. The van der Waals surface area contributed by atoms with Crippen LogP contribution in [0.25, 0.3) is 10.9 Å². The van der Waals surface area contributed by atoms with Gasteiger partial charge in [0.05, 0.1) is 15.8 Å². The first-order valence-electron chi connectivity index (χ1n) is 6.57. The van der Waals surface area contributed by atoms with Gasteiger partial charge in [0.15, 0.2) is 0 Å². The summed E-state index contributed by atoms with van der Waals surface area (Å²) in [5.74, 6) is 0.567. The number of fused-ring (bicyclic) bond motifs is 1. The van der Waals surface area contributed by atoms with Gasteiger partial charge in [-0.2, -0.15) is 0 Å². The lowest BCUT2D eigenvalue weighted by Gasteiger charge is -2.15. The summed E-state index contributed by atoms with van der Waals surface area (Å²) in [4.78, 5) is 15.1. The molecule has 0 saturated heterocycles. The molecule has 6 nitrogen and oxygen atoms in total. The van der Waals surface area contributed by atoms with E-state index in [0.29, 0.717) is 28.8 Å². The summed E-state index contributed by atoms with van der Waals surface area (Å²) in [5, 5.41) is 15.0. The molecule has 21 heavy (non-hydrogen) atoms. The first-order valence-corrected chi connectivity index (χ1v) is 8.30. The smallest absolute Gasteiger partial charge is 0.301 e. The Morgan fingerprint density at radius 2 is 2.19 bits per heavy atom. The quantitative estimate of drug-likeness (QED) is 0.655. The monoisotopic (exact) mass is 307 g/mol. The summed E-state index contributed by atoms with van der Waals surface area (Å²) >= 11 is 0. The van der Waals surface area contributed by atoms with Crippen molar-refractivity contribution in [2.24, 2.45) is 0 Å². The predicted octanol–water partition coefficient (Wildman–Crippen LogP) is 2.71. The summed E-state index contributed by atoms with van der Waals surface area (Å²) in [7, 11) is -0.864. The summed E-state index contributed by atoms with van der Waals surface area (Å²) in [6.07, 6.45) is 3.94. The highest BCUT2D eigenvalue weighted by molar-refractivity contribution is 7.84. The van der Waals surface area contributed by atoms with Gasteiger partial charge in [0.2, 0.25) is 0 Å². The second kappa shape index (κ2) is 6.62. The molecule has 0 fully saturated rings. The first kappa shape index (κ1) is 15.4. The number of nitro groups is 1. The third-order valence-corrected chi connectivity index (χ3v) is 3.99. The van der Waals surface area contributed by atoms with Crippen LogP contribution in [0.2, 0.25) is 0 Å². The van der Waals surface area contributed by atoms with Crippen LogP contribution in [-0.2, 0) is 10.8 Å². The Balaban J connectivity index is 2.33. The van der Waals surface area contributed by atoms with Crippen LogP contribution in [-0.4, -0.2) is 32.2 Å². The van der Waals surface area contributed by atoms with E-state index in [4.69, 9.17) is 0 Å². The van der Waals surface area contributed by atoms with Gasteiger partial charge in [-0.15, -0.1) is 0 Å². The Labute approximate surface area is 125 Å². The summed E-state index contributed by atoms with van der Waals surface area (Å²) in [6.45, 7) is 1.92. The van der Waals surface area contributed by atoms with Gasteiger partial charge in [-0.3, -0.25) is 19.3 Å². The molecule has 0 radical (unpaired) electrons. The highest BCUT2D eigenvalue weighted by atomic mass is 32.2. The van der Waals surface area contributed by atoms with Crippen molar-refractivity contribution in [2.45, 2.75) is 19.4 Å². The van der Waals surface area contributed by atoms with E-state index in [1.807, 2.05) is 6.92 Å². The molecule has 112 valence electrons. The number of aromatic nitrogens is 1. The maximum absolute atomic E-state index is 11.4. The van der Waals surface area contributed by atoms with Crippen molar-refractivity contribution in [3.05, 3.63) is 40.6 Å². The zero-order chi connectivity index (χ0) is 15.4. The molecule has 0 aliphatic heterocycles. The molecule has 1 heterocycles. The lowest BCUT2D eigenvalue weighted by atomic mass is 10.1. The van der Waals surface area contributed by atoms with Crippen LogP contribution >= 0.6 is 0 Å². The number of rotatable bonds is 6. The minimum Gasteiger partial charge on any atom is -0.377 e. The van der Waals surface area contributed by atoms with E-state index in [1.165, 1.54) is 0 Å². The second-order valence-electron chi connectivity index (χ2n) is 4.90. The van der Waals surface area contributed by atoms with Crippen molar-refractivity contribution >= 4 is 33.1 Å². The molecule has 0 saturated carbocycles.